The summed E-state index contributed by atoms with van der Waals surface area (Å²) in [5.74, 6) is 2.23. The molecule has 1 aromatic rings. The predicted octanol–water partition coefficient (Wildman–Crippen LogP) is 2.61. The molecule has 0 unspecified atom stereocenters. The van der Waals surface area contributed by atoms with Crippen LogP contribution in [-0.2, 0) is 5.75 Å². The van der Waals surface area contributed by atoms with E-state index in [9.17, 15) is 0 Å². The Labute approximate surface area is 87.3 Å². The monoisotopic (exact) mass is 217 g/mol. The second-order valence-corrected chi connectivity index (χ2v) is 4.82. The normalized spacial score (nSPS) is 10.3. The number of aromatic nitrogens is 2. The molecule has 0 atom stereocenters. The first-order chi connectivity index (χ1) is 6.36. The van der Waals surface area contributed by atoms with Crippen molar-refractivity contribution in [2.45, 2.75) is 25.5 Å². The highest BCUT2D eigenvalue weighted by atomic mass is 32.2. The lowest BCUT2D eigenvalue weighted by atomic mass is 10.4. The number of rotatable bonds is 6. The summed E-state index contributed by atoms with van der Waals surface area (Å²) in [5, 5.41) is 13.1. The molecule has 0 aromatic carbocycles. The Morgan fingerprint density at radius 2 is 2.31 bits per heavy atom. The maximum atomic E-state index is 4.07. The molecule has 0 amide bonds. The lowest BCUT2D eigenvalue weighted by molar-refractivity contribution is 0.895. The molecule has 0 aliphatic rings. The number of hydrogen-bond donors (Lipinski definition) is 1. The fourth-order valence-corrected chi connectivity index (χ4v) is 2.66. The van der Waals surface area contributed by atoms with E-state index in [1.807, 2.05) is 18.8 Å². The Kier molecular flexibility index (Phi) is 5.15. The van der Waals surface area contributed by atoms with Crippen LogP contribution in [0.5, 0.6) is 0 Å². The van der Waals surface area contributed by atoms with Gasteiger partial charge in [-0.1, -0.05) is 24.7 Å². The summed E-state index contributed by atoms with van der Waals surface area (Å²) >= 11 is 3.57. The van der Waals surface area contributed by atoms with Gasteiger partial charge in [0.1, 0.15) is 5.01 Å². The standard InChI is InChI=1S/C8H15N3S2/c1-3-4-5-12-6-7-10-11-8(9-2)13-7/h3-6H2,1-2H3,(H,9,11). The smallest absolute Gasteiger partial charge is 0.205 e. The molecule has 3 nitrogen and oxygen atoms in total. The van der Waals surface area contributed by atoms with Crippen LogP contribution in [0.15, 0.2) is 0 Å². The minimum atomic E-state index is 0.908. The fourth-order valence-electron chi connectivity index (χ4n) is 0.819. The van der Waals surface area contributed by atoms with Crippen LogP contribution in [0.2, 0.25) is 0 Å². The third-order valence-corrected chi connectivity index (χ3v) is 3.73. The van der Waals surface area contributed by atoms with Crippen LogP contribution in [0.4, 0.5) is 5.13 Å². The molecule has 0 aliphatic heterocycles. The first kappa shape index (κ1) is 10.8. The Hall–Kier alpha value is -0.290. The van der Waals surface area contributed by atoms with Gasteiger partial charge in [-0.05, 0) is 12.2 Å². The van der Waals surface area contributed by atoms with Crippen molar-refractivity contribution in [3.63, 3.8) is 0 Å². The van der Waals surface area contributed by atoms with Crippen molar-refractivity contribution in [3.8, 4) is 0 Å². The summed E-state index contributed by atoms with van der Waals surface area (Å²) in [4.78, 5) is 0. The zero-order valence-corrected chi connectivity index (χ0v) is 9.67. The number of unbranched alkanes of at least 4 members (excludes halogenated alkanes) is 1. The highest BCUT2D eigenvalue weighted by Crippen LogP contribution is 2.20. The second-order valence-electron chi connectivity index (χ2n) is 2.66. The van der Waals surface area contributed by atoms with Gasteiger partial charge in [-0.3, -0.25) is 0 Å². The van der Waals surface area contributed by atoms with E-state index in [4.69, 9.17) is 0 Å². The highest BCUT2D eigenvalue weighted by Gasteiger charge is 2.01. The Bertz CT molecular complexity index is 237. The molecule has 0 fully saturated rings. The fraction of sp³-hybridized carbons (Fsp3) is 0.750. The van der Waals surface area contributed by atoms with Crippen LogP contribution in [0.1, 0.15) is 24.8 Å². The number of nitrogens with zero attached hydrogens (tertiary/aromatic N) is 2. The zero-order valence-electron chi connectivity index (χ0n) is 8.04. The topological polar surface area (TPSA) is 37.8 Å². The van der Waals surface area contributed by atoms with Crippen LogP contribution >= 0.6 is 23.1 Å². The maximum Gasteiger partial charge on any atom is 0.205 e. The van der Waals surface area contributed by atoms with E-state index < -0.39 is 0 Å². The number of nitrogens with one attached hydrogen (secondary N) is 1. The molecule has 0 spiro atoms. The Morgan fingerprint density at radius 1 is 1.46 bits per heavy atom. The van der Waals surface area contributed by atoms with Gasteiger partial charge in [-0.15, -0.1) is 10.2 Å². The van der Waals surface area contributed by atoms with E-state index in [0.29, 0.717) is 0 Å². The van der Waals surface area contributed by atoms with E-state index >= 15 is 0 Å². The minimum absolute atomic E-state index is 0.908. The molecule has 1 rings (SSSR count). The summed E-state index contributed by atoms with van der Waals surface area (Å²) in [5.41, 5.74) is 0. The molecule has 13 heavy (non-hydrogen) atoms. The molecule has 0 aliphatic carbocycles. The van der Waals surface area contributed by atoms with E-state index in [0.717, 1.165) is 15.9 Å². The van der Waals surface area contributed by atoms with Crippen molar-refractivity contribution in [1.82, 2.24) is 10.2 Å². The maximum absolute atomic E-state index is 4.07. The van der Waals surface area contributed by atoms with Crippen LogP contribution in [0, 0.1) is 0 Å². The first-order valence-corrected chi connectivity index (χ1v) is 6.41. The molecule has 0 saturated heterocycles. The minimum Gasteiger partial charge on any atom is -0.363 e. The molecule has 0 bridgehead atoms. The average molecular weight is 217 g/mol. The summed E-state index contributed by atoms with van der Waals surface area (Å²) in [7, 11) is 1.87. The summed E-state index contributed by atoms with van der Waals surface area (Å²) in [6, 6.07) is 0. The van der Waals surface area contributed by atoms with Gasteiger partial charge >= 0.3 is 0 Å². The number of anilines is 1. The van der Waals surface area contributed by atoms with E-state index in [1.165, 1.54) is 18.6 Å². The van der Waals surface area contributed by atoms with Gasteiger partial charge in [0.05, 0.1) is 0 Å². The molecule has 0 radical (unpaired) electrons. The molecule has 1 aromatic heterocycles. The van der Waals surface area contributed by atoms with Gasteiger partial charge in [0, 0.05) is 12.8 Å². The Morgan fingerprint density at radius 3 is 2.92 bits per heavy atom. The molecule has 1 heterocycles. The average Bonchev–Trinajstić information content (AvgIpc) is 2.60. The van der Waals surface area contributed by atoms with Gasteiger partial charge in [0.15, 0.2) is 0 Å². The summed E-state index contributed by atoms with van der Waals surface area (Å²) in [6.45, 7) is 2.21. The van der Waals surface area contributed by atoms with Crippen molar-refractivity contribution in [2.75, 3.05) is 18.1 Å². The van der Waals surface area contributed by atoms with E-state index in [-0.39, 0.29) is 0 Å². The summed E-state index contributed by atoms with van der Waals surface area (Å²) in [6.07, 6.45) is 2.56. The summed E-state index contributed by atoms with van der Waals surface area (Å²) < 4.78 is 0. The van der Waals surface area contributed by atoms with Gasteiger partial charge in [-0.2, -0.15) is 11.8 Å². The van der Waals surface area contributed by atoms with Crippen LogP contribution in [0.25, 0.3) is 0 Å². The van der Waals surface area contributed by atoms with E-state index in [1.54, 1.807) is 11.3 Å². The van der Waals surface area contributed by atoms with Crippen LogP contribution < -0.4 is 5.32 Å². The second kappa shape index (κ2) is 6.21. The molecular weight excluding hydrogens is 202 g/mol. The van der Waals surface area contributed by atoms with E-state index in [2.05, 4.69) is 22.4 Å². The zero-order chi connectivity index (χ0) is 9.52. The van der Waals surface area contributed by atoms with Gasteiger partial charge in [0.2, 0.25) is 5.13 Å². The van der Waals surface area contributed by atoms with Crippen molar-refractivity contribution < 1.29 is 0 Å². The van der Waals surface area contributed by atoms with Crippen LogP contribution in [-0.4, -0.2) is 23.0 Å². The van der Waals surface area contributed by atoms with Crippen molar-refractivity contribution in [1.29, 1.82) is 0 Å². The lowest BCUT2D eigenvalue weighted by Crippen LogP contribution is -1.84. The van der Waals surface area contributed by atoms with Gasteiger partial charge < -0.3 is 5.32 Å². The van der Waals surface area contributed by atoms with Gasteiger partial charge in [-0.25, -0.2) is 0 Å². The largest absolute Gasteiger partial charge is 0.363 e. The molecule has 0 saturated carbocycles. The molecular formula is C8H15N3S2. The Balaban J connectivity index is 2.20. The number of hydrogen-bond acceptors (Lipinski definition) is 5. The molecule has 74 valence electrons. The van der Waals surface area contributed by atoms with Crippen molar-refractivity contribution in [3.05, 3.63) is 5.01 Å². The van der Waals surface area contributed by atoms with Gasteiger partial charge in [0.25, 0.3) is 0 Å². The third kappa shape index (κ3) is 3.95. The first-order valence-electron chi connectivity index (χ1n) is 4.44. The number of thioether (sulfide) groups is 1. The third-order valence-electron chi connectivity index (χ3n) is 1.55. The quantitative estimate of drug-likeness (QED) is 0.743. The van der Waals surface area contributed by atoms with Crippen LogP contribution in [0.3, 0.4) is 0 Å². The lowest BCUT2D eigenvalue weighted by Gasteiger charge is -1.94. The molecule has 5 heteroatoms. The van der Waals surface area contributed by atoms with Crippen molar-refractivity contribution >= 4 is 28.2 Å². The predicted molar refractivity (Wildman–Crippen MR) is 60.5 cm³/mol. The SMILES string of the molecule is CCCCSCc1nnc(NC)s1. The molecule has 1 N–H and O–H groups in total. The highest BCUT2D eigenvalue weighted by molar-refractivity contribution is 7.98. The van der Waals surface area contributed by atoms with Crippen molar-refractivity contribution in [2.24, 2.45) is 0 Å².